The molecule has 0 bridgehead atoms. The fourth-order valence-electron chi connectivity index (χ4n) is 1.67. The number of fused-ring (bicyclic) bond motifs is 1. The Morgan fingerprint density at radius 2 is 2.11 bits per heavy atom. The monoisotopic (exact) mass is 264 g/mol. The summed E-state index contributed by atoms with van der Waals surface area (Å²) in [5.41, 5.74) is 1.87. The number of hydrogen-bond acceptors (Lipinski definition) is 4. The summed E-state index contributed by atoms with van der Waals surface area (Å²) >= 11 is 6.20. The van der Waals surface area contributed by atoms with Crippen LogP contribution in [-0.2, 0) is 11.2 Å². The van der Waals surface area contributed by atoms with Crippen LogP contribution in [0.4, 0.5) is 0 Å². The number of ether oxygens (including phenoxy) is 1. The van der Waals surface area contributed by atoms with Crippen LogP contribution >= 0.6 is 11.6 Å². The third kappa shape index (κ3) is 2.29. The molecule has 0 N–H and O–H groups in total. The molecule has 18 heavy (non-hydrogen) atoms. The first kappa shape index (κ1) is 12.8. The van der Waals surface area contributed by atoms with Crippen molar-refractivity contribution in [1.82, 2.24) is 10.2 Å². The van der Waals surface area contributed by atoms with Crippen molar-refractivity contribution in [3.05, 3.63) is 34.5 Å². The molecule has 2 rings (SSSR count). The van der Waals surface area contributed by atoms with Crippen LogP contribution in [-0.4, -0.2) is 22.8 Å². The topological polar surface area (TPSA) is 52.1 Å². The minimum absolute atomic E-state index is 0.0688. The van der Waals surface area contributed by atoms with Crippen molar-refractivity contribution in [3.8, 4) is 0 Å². The van der Waals surface area contributed by atoms with E-state index in [0.29, 0.717) is 10.5 Å². The highest BCUT2D eigenvalue weighted by Crippen LogP contribution is 2.25. The smallest absolute Gasteiger partial charge is 0.360 e. The van der Waals surface area contributed by atoms with Crippen LogP contribution in [0.25, 0.3) is 10.9 Å². The van der Waals surface area contributed by atoms with Gasteiger partial charge in [-0.05, 0) is 31.0 Å². The Labute approximate surface area is 110 Å². The molecular weight excluding hydrogens is 252 g/mol. The van der Waals surface area contributed by atoms with E-state index in [0.717, 1.165) is 17.4 Å². The van der Waals surface area contributed by atoms with Crippen LogP contribution in [0.3, 0.4) is 0 Å². The van der Waals surface area contributed by atoms with E-state index in [1.54, 1.807) is 6.92 Å². The second-order valence-corrected chi connectivity index (χ2v) is 4.17. The molecule has 0 aliphatic carbocycles. The van der Waals surface area contributed by atoms with Crippen molar-refractivity contribution in [2.75, 3.05) is 6.61 Å². The van der Waals surface area contributed by atoms with E-state index in [2.05, 4.69) is 17.1 Å². The van der Waals surface area contributed by atoms with E-state index in [1.807, 2.05) is 18.2 Å². The third-order valence-corrected chi connectivity index (χ3v) is 3.02. The van der Waals surface area contributed by atoms with E-state index >= 15 is 0 Å². The van der Waals surface area contributed by atoms with Gasteiger partial charge in [-0.1, -0.05) is 24.6 Å². The van der Waals surface area contributed by atoms with Crippen molar-refractivity contribution in [3.63, 3.8) is 0 Å². The molecule has 1 aromatic heterocycles. The van der Waals surface area contributed by atoms with Crippen LogP contribution < -0.4 is 0 Å². The number of halogens is 1. The Balaban J connectivity index is 2.58. The molecule has 4 nitrogen and oxygen atoms in total. The molecule has 5 heteroatoms. The van der Waals surface area contributed by atoms with Crippen molar-refractivity contribution in [2.45, 2.75) is 20.3 Å². The Bertz CT molecular complexity index is 599. The summed E-state index contributed by atoms with van der Waals surface area (Å²) in [7, 11) is 0. The number of nitrogens with zero attached hydrogens (tertiary/aromatic N) is 2. The lowest BCUT2D eigenvalue weighted by Gasteiger charge is -2.06. The second-order valence-electron chi connectivity index (χ2n) is 3.79. The van der Waals surface area contributed by atoms with Gasteiger partial charge in [0.2, 0.25) is 0 Å². The normalized spacial score (nSPS) is 10.6. The molecule has 2 aromatic rings. The van der Waals surface area contributed by atoms with Gasteiger partial charge in [0.25, 0.3) is 0 Å². The van der Waals surface area contributed by atoms with Crippen LogP contribution in [0, 0.1) is 0 Å². The fraction of sp³-hybridized carbons (Fsp3) is 0.308. The van der Waals surface area contributed by atoms with Gasteiger partial charge in [0, 0.05) is 5.39 Å². The molecule has 0 spiro atoms. The van der Waals surface area contributed by atoms with Gasteiger partial charge in [0.1, 0.15) is 0 Å². The SMILES string of the molecule is CCOC(=O)c1nnc2ccc(CC)cc2c1Cl. The summed E-state index contributed by atoms with van der Waals surface area (Å²) in [6.45, 7) is 4.06. The van der Waals surface area contributed by atoms with Gasteiger partial charge < -0.3 is 4.74 Å². The lowest BCUT2D eigenvalue weighted by molar-refractivity contribution is 0.0518. The zero-order valence-corrected chi connectivity index (χ0v) is 11.0. The van der Waals surface area contributed by atoms with E-state index in [-0.39, 0.29) is 12.3 Å². The zero-order valence-electron chi connectivity index (χ0n) is 10.2. The van der Waals surface area contributed by atoms with E-state index in [9.17, 15) is 4.79 Å². The van der Waals surface area contributed by atoms with Crippen molar-refractivity contribution in [2.24, 2.45) is 0 Å². The fourth-order valence-corrected chi connectivity index (χ4v) is 1.94. The molecule has 94 valence electrons. The minimum atomic E-state index is -0.543. The minimum Gasteiger partial charge on any atom is -0.461 e. The van der Waals surface area contributed by atoms with Crippen LogP contribution in [0.5, 0.6) is 0 Å². The molecule has 0 saturated carbocycles. The lowest BCUT2D eigenvalue weighted by atomic mass is 10.1. The summed E-state index contributed by atoms with van der Waals surface area (Å²) in [6.07, 6.45) is 0.892. The molecule has 0 radical (unpaired) electrons. The van der Waals surface area contributed by atoms with E-state index < -0.39 is 5.97 Å². The Hall–Kier alpha value is -1.68. The summed E-state index contributed by atoms with van der Waals surface area (Å²) in [4.78, 5) is 11.7. The molecule has 0 aliphatic rings. The van der Waals surface area contributed by atoms with Gasteiger partial charge in [-0.15, -0.1) is 10.2 Å². The molecular formula is C13H13ClN2O2. The molecule has 0 saturated heterocycles. The zero-order chi connectivity index (χ0) is 13.1. The molecule has 0 aliphatic heterocycles. The second kappa shape index (κ2) is 5.31. The quantitative estimate of drug-likeness (QED) is 0.800. The predicted octanol–water partition coefficient (Wildman–Crippen LogP) is 3.02. The summed E-state index contributed by atoms with van der Waals surface area (Å²) in [5.74, 6) is -0.543. The largest absolute Gasteiger partial charge is 0.461 e. The summed E-state index contributed by atoms with van der Waals surface area (Å²) in [5, 5.41) is 8.84. The highest BCUT2D eigenvalue weighted by atomic mass is 35.5. The van der Waals surface area contributed by atoms with Crippen LogP contribution in [0.2, 0.25) is 5.02 Å². The number of rotatable bonds is 3. The number of benzene rings is 1. The van der Waals surface area contributed by atoms with Crippen molar-refractivity contribution < 1.29 is 9.53 Å². The van der Waals surface area contributed by atoms with Crippen molar-refractivity contribution >= 4 is 28.5 Å². The molecule has 0 amide bonds. The standard InChI is InChI=1S/C13H13ClN2O2/c1-3-8-5-6-10-9(7-8)11(14)12(16-15-10)13(17)18-4-2/h5-7H,3-4H2,1-2H3. The average Bonchev–Trinajstić information content (AvgIpc) is 2.39. The van der Waals surface area contributed by atoms with Gasteiger partial charge in [-0.25, -0.2) is 4.79 Å². The third-order valence-electron chi connectivity index (χ3n) is 2.64. The number of aromatic nitrogens is 2. The summed E-state index contributed by atoms with van der Waals surface area (Å²) in [6, 6.07) is 5.74. The first-order valence-electron chi connectivity index (χ1n) is 5.79. The summed E-state index contributed by atoms with van der Waals surface area (Å²) < 4.78 is 4.89. The Morgan fingerprint density at radius 3 is 2.78 bits per heavy atom. The van der Waals surface area contributed by atoms with Gasteiger partial charge >= 0.3 is 5.97 Å². The Morgan fingerprint density at radius 1 is 1.33 bits per heavy atom. The number of esters is 1. The molecule has 0 unspecified atom stereocenters. The molecule has 1 aromatic carbocycles. The van der Waals surface area contributed by atoms with Gasteiger partial charge in [-0.2, -0.15) is 0 Å². The maximum atomic E-state index is 11.7. The number of carbonyl (C=O) groups excluding carboxylic acids is 1. The maximum absolute atomic E-state index is 11.7. The van der Waals surface area contributed by atoms with E-state index in [4.69, 9.17) is 16.3 Å². The maximum Gasteiger partial charge on any atom is 0.360 e. The van der Waals surface area contributed by atoms with Crippen LogP contribution in [0.1, 0.15) is 29.9 Å². The molecule has 0 fully saturated rings. The van der Waals surface area contributed by atoms with Crippen molar-refractivity contribution in [1.29, 1.82) is 0 Å². The van der Waals surface area contributed by atoms with Gasteiger partial charge in [0.15, 0.2) is 5.69 Å². The van der Waals surface area contributed by atoms with Crippen LogP contribution in [0.15, 0.2) is 18.2 Å². The first-order chi connectivity index (χ1) is 8.67. The Kier molecular flexibility index (Phi) is 3.77. The average molecular weight is 265 g/mol. The predicted molar refractivity (Wildman–Crippen MR) is 69.9 cm³/mol. The number of aryl methyl sites for hydroxylation is 1. The lowest BCUT2D eigenvalue weighted by Crippen LogP contribution is -2.09. The van der Waals surface area contributed by atoms with E-state index in [1.165, 1.54) is 0 Å². The molecule has 0 atom stereocenters. The number of hydrogen-bond donors (Lipinski definition) is 0. The highest BCUT2D eigenvalue weighted by molar-refractivity contribution is 6.37. The molecule has 1 heterocycles. The van der Waals surface area contributed by atoms with Gasteiger partial charge in [-0.3, -0.25) is 0 Å². The first-order valence-corrected chi connectivity index (χ1v) is 6.17. The number of carbonyl (C=O) groups is 1. The highest BCUT2D eigenvalue weighted by Gasteiger charge is 2.17. The van der Waals surface area contributed by atoms with Gasteiger partial charge in [0.05, 0.1) is 17.1 Å².